The summed E-state index contributed by atoms with van der Waals surface area (Å²) < 4.78 is 0. The van der Waals surface area contributed by atoms with E-state index in [1.165, 1.54) is 38.1 Å². The van der Waals surface area contributed by atoms with Gasteiger partial charge in [0.15, 0.2) is 0 Å². The van der Waals surface area contributed by atoms with Crippen LogP contribution in [0.4, 0.5) is 0 Å². The third-order valence-corrected chi connectivity index (χ3v) is 3.91. The molecule has 0 bridgehead atoms. The highest BCUT2D eigenvalue weighted by atomic mass is 32.2. The molecule has 0 amide bonds. The number of carboxylic acids is 1. The molecule has 0 aromatic rings. The molecule has 0 unspecified atom stereocenters. The quantitative estimate of drug-likeness (QED) is 0.658. The van der Waals surface area contributed by atoms with Gasteiger partial charge in [-0.25, -0.2) is 0 Å². The summed E-state index contributed by atoms with van der Waals surface area (Å²) in [5.74, 6) is 2.42. The van der Waals surface area contributed by atoms with E-state index in [9.17, 15) is 4.79 Å². The topological polar surface area (TPSA) is 49.3 Å². The van der Waals surface area contributed by atoms with E-state index in [2.05, 4.69) is 5.32 Å². The maximum absolute atomic E-state index is 10.3. The van der Waals surface area contributed by atoms with Crippen LogP contribution < -0.4 is 5.32 Å². The van der Waals surface area contributed by atoms with Crippen molar-refractivity contribution < 1.29 is 9.90 Å². The van der Waals surface area contributed by atoms with Gasteiger partial charge in [0.1, 0.15) is 0 Å². The molecular weight excluding hydrogens is 210 g/mol. The molecule has 0 saturated carbocycles. The van der Waals surface area contributed by atoms with Crippen molar-refractivity contribution in [3.63, 3.8) is 0 Å². The molecule has 0 aromatic carbocycles. The van der Waals surface area contributed by atoms with Gasteiger partial charge < -0.3 is 10.4 Å². The van der Waals surface area contributed by atoms with Gasteiger partial charge in [-0.2, -0.15) is 11.8 Å². The van der Waals surface area contributed by atoms with Crippen LogP contribution in [0.1, 0.15) is 32.1 Å². The van der Waals surface area contributed by atoms with Crippen LogP contribution in [0.5, 0.6) is 0 Å². The number of hydrogen-bond acceptors (Lipinski definition) is 3. The van der Waals surface area contributed by atoms with E-state index < -0.39 is 5.97 Å². The first-order chi connectivity index (χ1) is 7.29. The lowest BCUT2D eigenvalue weighted by molar-refractivity contribution is -0.137. The highest BCUT2D eigenvalue weighted by molar-refractivity contribution is 7.99. The van der Waals surface area contributed by atoms with Gasteiger partial charge in [-0.3, -0.25) is 4.79 Å². The maximum atomic E-state index is 10.3. The predicted molar refractivity (Wildman–Crippen MR) is 64.4 cm³/mol. The maximum Gasteiger partial charge on any atom is 0.303 e. The van der Waals surface area contributed by atoms with E-state index in [1.54, 1.807) is 0 Å². The summed E-state index contributed by atoms with van der Waals surface area (Å²) >= 11 is 1.91. The molecule has 1 rings (SSSR count). The molecule has 0 atom stereocenters. The predicted octanol–water partition coefficient (Wildman–Crippen LogP) is 1.97. The van der Waals surface area contributed by atoms with Gasteiger partial charge >= 0.3 is 5.97 Å². The highest BCUT2D eigenvalue weighted by Gasteiger charge is 2.11. The van der Waals surface area contributed by atoms with E-state index in [4.69, 9.17) is 5.11 Å². The van der Waals surface area contributed by atoms with E-state index >= 15 is 0 Å². The summed E-state index contributed by atoms with van der Waals surface area (Å²) in [5.41, 5.74) is 0. The van der Waals surface area contributed by atoms with Crippen LogP contribution in [-0.2, 0) is 4.79 Å². The van der Waals surface area contributed by atoms with Crippen LogP contribution in [0.25, 0.3) is 0 Å². The van der Waals surface area contributed by atoms with Crippen LogP contribution in [-0.4, -0.2) is 35.7 Å². The minimum Gasteiger partial charge on any atom is -0.481 e. The van der Waals surface area contributed by atoms with Crippen LogP contribution in [0.15, 0.2) is 0 Å². The van der Waals surface area contributed by atoms with Gasteiger partial charge in [0.25, 0.3) is 0 Å². The fourth-order valence-electron chi connectivity index (χ4n) is 1.85. The Morgan fingerprint density at radius 3 is 2.73 bits per heavy atom. The van der Waals surface area contributed by atoms with Crippen molar-refractivity contribution in [1.82, 2.24) is 5.32 Å². The number of rotatable bonds is 7. The molecule has 88 valence electrons. The molecule has 1 aliphatic rings. The summed E-state index contributed by atoms with van der Waals surface area (Å²) in [5, 5.41) is 11.8. The molecule has 4 heteroatoms. The molecule has 3 nitrogen and oxygen atoms in total. The van der Waals surface area contributed by atoms with Gasteiger partial charge in [-0.15, -0.1) is 0 Å². The minimum absolute atomic E-state index is 0.320. The molecular formula is C11H21NO2S. The number of carboxylic acid groups (broad SMARTS) is 1. The zero-order valence-electron chi connectivity index (χ0n) is 9.21. The third-order valence-electron chi connectivity index (χ3n) is 2.81. The lowest BCUT2D eigenvalue weighted by atomic mass is 9.96. The Morgan fingerprint density at radius 1 is 1.33 bits per heavy atom. The molecule has 0 radical (unpaired) electrons. The second kappa shape index (κ2) is 7.99. The van der Waals surface area contributed by atoms with E-state index in [-0.39, 0.29) is 0 Å². The van der Waals surface area contributed by atoms with E-state index in [0.29, 0.717) is 6.42 Å². The summed E-state index contributed by atoms with van der Waals surface area (Å²) in [7, 11) is 0. The minimum atomic E-state index is -0.672. The number of aliphatic carboxylic acids is 1. The number of nitrogens with one attached hydrogen (secondary N) is 1. The standard InChI is InChI=1S/C11H21NO2S/c13-11(14)2-1-8-15-9-5-10-3-6-12-7-4-10/h10,12H,1-9H2,(H,13,14). The molecule has 1 heterocycles. The number of carbonyl (C=O) groups is 1. The van der Waals surface area contributed by atoms with Crippen molar-refractivity contribution in [3.05, 3.63) is 0 Å². The number of hydrogen-bond donors (Lipinski definition) is 2. The lowest BCUT2D eigenvalue weighted by Gasteiger charge is -2.22. The molecule has 0 aliphatic carbocycles. The molecule has 0 spiro atoms. The number of piperidine rings is 1. The molecule has 0 aromatic heterocycles. The second-order valence-electron chi connectivity index (χ2n) is 4.09. The van der Waals surface area contributed by atoms with Gasteiger partial charge in [0.05, 0.1) is 0 Å². The SMILES string of the molecule is O=C(O)CCCSCCC1CCNCC1. The van der Waals surface area contributed by atoms with Crippen molar-refractivity contribution in [3.8, 4) is 0 Å². The summed E-state index contributed by atoms with van der Waals surface area (Å²) in [6.45, 7) is 2.35. The molecule has 15 heavy (non-hydrogen) atoms. The Balaban J connectivity index is 1.85. The Morgan fingerprint density at radius 2 is 2.07 bits per heavy atom. The average molecular weight is 231 g/mol. The first-order valence-electron chi connectivity index (χ1n) is 5.79. The van der Waals surface area contributed by atoms with Crippen molar-refractivity contribution in [2.24, 2.45) is 5.92 Å². The fourth-order valence-corrected chi connectivity index (χ4v) is 2.90. The van der Waals surface area contributed by atoms with E-state index in [1.807, 2.05) is 11.8 Å². The Kier molecular flexibility index (Phi) is 6.85. The van der Waals surface area contributed by atoms with Gasteiger partial charge in [0.2, 0.25) is 0 Å². The lowest BCUT2D eigenvalue weighted by Crippen LogP contribution is -2.27. The summed E-state index contributed by atoms with van der Waals surface area (Å²) in [4.78, 5) is 10.3. The van der Waals surface area contributed by atoms with Gasteiger partial charge in [-0.05, 0) is 56.2 Å². The Hall–Kier alpha value is -0.220. The first-order valence-corrected chi connectivity index (χ1v) is 6.95. The largest absolute Gasteiger partial charge is 0.481 e. The molecule has 1 aliphatic heterocycles. The Labute approximate surface area is 96.0 Å². The van der Waals surface area contributed by atoms with Crippen molar-refractivity contribution >= 4 is 17.7 Å². The van der Waals surface area contributed by atoms with E-state index in [0.717, 1.165) is 18.1 Å². The highest BCUT2D eigenvalue weighted by Crippen LogP contribution is 2.19. The zero-order chi connectivity index (χ0) is 10.9. The van der Waals surface area contributed by atoms with Crippen molar-refractivity contribution in [1.29, 1.82) is 0 Å². The normalized spacial score (nSPS) is 17.9. The number of thioether (sulfide) groups is 1. The fraction of sp³-hybridized carbons (Fsp3) is 0.909. The van der Waals surface area contributed by atoms with Crippen molar-refractivity contribution in [2.45, 2.75) is 32.1 Å². The average Bonchev–Trinajstić information content (AvgIpc) is 2.24. The summed E-state index contributed by atoms with van der Waals surface area (Å²) in [6.07, 6.45) is 5.07. The van der Waals surface area contributed by atoms with Gasteiger partial charge in [0, 0.05) is 6.42 Å². The van der Waals surface area contributed by atoms with Crippen LogP contribution in [0.2, 0.25) is 0 Å². The molecule has 1 saturated heterocycles. The van der Waals surface area contributed by atoms with Crippen LogP contribution in [0, 0.1) is 5.92 Å². The smallest absolute Gasteiger partial charge is 0.303 e. The Bertz CT molecular complexity index is 181. The second-order valence-corrected chi connectivity index (χ2v) is 5.32. The van der Waals surface area contributed by atoms with Crippen LogP contribution >= 0.6 is 11.8 Å². The third kappa shape index (κ3) is 6.79. The summed E-state index contributed by atoms with van der Waals surface area (Å²) in [6, 6.07) is 0. The van der Waals surface area contributed by atoms with Crippen LogP contribution in [0.3, 0.4) is 0 Å². The monoisotopic (exact) mass is 231 g/mol. The molecule has 2 N–H and O–H groups in total. The zero-order valence-corrected chi connectivity index (χ0v) is 10.0. The molecule has 1 fully saturated rings. The first kappa shape index (κ1) is 12.8. The van der Waals surface area contributed by atoms with Gasteiger partial charge in [-0.1, -0.05) is 0 Å². The van der Waals surface area contributed by atoms with Crippen molar-refractivity contribution in [2.75, 3.05) is 24.6 Å².